The molecule has 0 radical (unpaired) electrons. The number of hydrogen-bond donors (Lipinski definition) is 2. The summed E-state index contributed by atoms with van der Waals surface area (Å²) in [7, 11) is -3.12. The number of sulfonamides is 1. The summed E-state index contributed by atoms with van der Waals surface area (Å²) >= 11 is 0. The molecule has 0 atom stereocenters. The molecule has 124 valence electrons. The number of nitrogens with zero attached hydrogens (tertiary/aromatic N) is 1. The van der Waals surface area contributed by atoms with Gasteiger partial charge in [-0.3, -0.25) is 4.79 Å². The van der Waals surface area contributed by atoms with E-state index >= 15 is 0 Å². The van der Waals surface area contributed by atoms with Crippen LogP contribution in [0.15, 0.2) is 24.3 Å². The van der Waals surface area contributed by atoms with Crippen LogP contribution in [-0.2, 0) is 10.0 Å². The number of hydrogen-bond acceptors (Lipinski definition) is 4. The minimum atomic E-state index is -3.12. The summed E-state index contributed by atoms with van der Waals surface area (Å²) < 4.78 is 25.0. The minimum Gasteiger partial charge on any atom is -0.399 e. The third-order valence-electron chi connectivity index (χ3n) is 3.72. The molecule has 0 bridgehead atoms. The number of benzene rings is 1. The van der Waals surface area contributed by atoms with E-state index in [0.717, 1.165) is 0 Å². The molecule has 1 aliphatic rings. The molecule has 1 aromatic carbocycles. The minimum absolute atomic E-state index is 0. The highest BCUT2D eigenvalue weighted by molar-refractivity contribution is 7.89. The fourth-order valence-corrected chi connectivity index (χ4v) is 3.50. The predicted octanol–water partition coefficient (Wildman–Crippen LogP) is 1.23. The second-order valence-corrected chi connectivity index (χ2v) is 7.43. The lowest BCUT2D eigenvalue weighted by Gasteiger charge is -2.31. The van der Waals surface area contributed by atoms with E-state index in [1.807, 2.05) is 0 Å². The number of amides is 1. The molecule has 2 rings (SSSR count). The van der Waals surface area contributed by atoms with E-state index in [2.05, 4.69) is 5.32 Å². The largest absolute Gasteiger partial charge is 0.399 e. The SMILES string of the molecule is CCS(=O)(=O)N1CCC(NC(=O)c2ccc(N)cc2)CC1.Cl. The van der Waals surface area contributed by atoms with Crippen LogP contribution in [0.4, 0.5) is 5.69 Å². The summed E-state index contributed by atoms with van der Waals surface area (Å²) in [6.45, 7) is 2.57. The Balaban J connectivity index is 0.00000242. The van der Waals surface area contributed by atoms with Crippen LogP contribution >= 0.6 is 12.4 Å². The molecule has 1 heterocycles. The van der Waals surface area contributed by atoms with Crippen LogP contribution in [0.3, 0.4) is 0 Å². The van der Waals surface area contributed by atoms with Crippen LogP contribution < -0.4 is 11.1 Å². The average Bonchev–Trinajstić information content (AvgIpc) is 2.48. The van der Waals surface area contributed by atoms with Gasteiger partial charge in [-0.1, -0.05) is 0 Å². The zero-order valence-electron chi connectivity index (χ0n) is 12.5. The van der Waals surface area contributed by atoms with Crippen molar-refractivity contribution in [3.05, 3.63) is 29.8 Å². The summed E-state index contributed by atoms with van der Waals surface area (Å²) in [5.74, 6) is -0.0260. The maximum atomic E-state index is 12.1. The van der Waals surface area contributed by atoms with Gasteiger partial charge < -0.3 is 11.1 Å². The molecule has 0 saturated carbocycles. The van der Waals surface area contributed by atoms with Gasteiger partial charge in [0.25, 0.3) is 5.91 Å². The molecule has 3 N–H and O–H groups in total. The van der Waals surface area contributed by atoms with Crippen molar-refractivity contribution in [2.75, 3.05) is 24.6 Å². The Bertz CT molecular complexity index is 596. The van der Waals surface area contributed by atoms with Gasteiger partial charge in [-0.15, -0.1) is 12.4 Å². The predicted molar refractivity (Wildman–Crippen MR) is 89.6 cm³/mol. The van der Waals surface area contributed by atoms with Crippen LogP contribution in [-0.4, -0.2) is 43.5 Å². The van der Waals surface area contributed by atoms with Gasteiger partial charge in [-0.05, 0) is 44.0 Å². The van der Waals surface area contributed by atoms with Crippen molar-refractivity contribution in [2.24, 2.45) is 0 Å². The van der Waals surface area contributed by atoms with Crippen LogP contribution in [0.25, 0.3) is 0 Å². The average molecular weight is 348 g/mol. The van der Waals surface area contributed by atoms with Gasteiger partial charge in [0.2, 0.25) is 10.0 Å². The van der Waals surface area contributed by atoms with E-state index in [1.165, 1.54) is 4.31 Å². The quantitative estimate of drug-likeness (QED) is 0.801. The second-order valence-electron chi connectivity index (χ2n) is 5.17. The van der Waals surface area contributed by atoms with Crippen LogP contribution in [0.1, 0.15) is 30.1 Å². The maximum Gasteiger partial charge on any atom is 0.251 e. The highest BCUT2D eigenvalue weighted by Crippen LogP contribution is 2.15. The summed E-state index contributed by atoms with van der Waals surface area (Å²) in [4.78, 5) is 12.1. The molecule has 0 spiro atoms. The summed E-state index contributed by atoms with van der Waals surface area (Å²) in [5, 5.41) is 2.94. The lowest BCUT2D eigenvalue weighted by atomic mass is 10.1. The first kappa shape index (κ1) is 18.7. The number of nitrogens with one attached hydrogen (secondary N) is 1. The first-order chi connectivity index (χ1) is 9.92. The molecule has 1 amide bonds. The Morgan fingerprint density at radius 1 is 1.27 bits per heavy atom. The fraction of sp³-hybridized carbons (Fsp3) is 0.500. The Hall–Kier alpha value is -1.31. The summed E-state index contributed by atoms with van der Waals surface area (Å²) in [6.07, 6.45) is 1.28. The number of carbonyl (C=O) groups excluding carboxylic acids is 1. The zero-order chi connectivity index (χ0) is 15.5. The van der Waals surface area contributed by atoms with Gasteiger partial charge >= 0.3 is 0 Å². The number of anilines is 1. The normalized spacial score (nSPS) is 16.8. The summed E-state index contributed by atoms with van der Waals surface area (Å²) in [6, 6.07) is 6.75. The van der Waals surface area contributed by atoms with Crippen LogP contribution in [0.2, 0.25) is 0 Å². The van der Waals surface area contributed by atoms with E-state index in [4.69, 9.17) is 5.73 Å². The molecule has 1 aliphatic heterocycles. The molecule has 6 nitrogen and oxygen atoms in total. The molecule has 0 aromatic heterocycles. The first-order valence-electron chi connectivity index (χ1n) is 7.06. The number of rotatable bonds is 4. The Labute approximate surface area is 137 Å². The molecule has 1 aromatic rings. The van der Waals surface area contributed by atoms with Gasteiger partial charge in [-0.2, -0.15) is 0 Å². The molecular formula is C14H22ClN3O3S. The fourth-order valence-electron chi connectivity index (χ4n) is 2.36. The lowest BCUT2D eigenvalue weighted by molar-refractivity contribution is 0.0924. The Morgan fingerprint density at radius 2 is 1.82 bits per heavy atom. The van der Waals surface area contributed by atoms with Gasteiger partial charge in [0, 0.05) is 30.4 Å². The molecular weight excluding hydrogens is 326 g/mol. The lowest BCUT2D eigenvalue weighted by Crippen LogP contribution is -2.46. The number of carbonyl (C=O) groups is 1. The third-order valence-corrected chi connectivity index (χ3v) is 5.60. The monoisotopic (exact) mass is 347 g/mol. The van der Waals surface area contributed by atoms with E-state index < -0.39 is 10.0 Å². The highest BCUT2D eigenvalue weighted by Gasteiger charge is 2.27. The van der Waals surface area contributed by atoms with E-state index in [9.17, 15) is 13.2 Å². The molecule has 1 saturated heterocycles. The van der Waals surface area contributed by atoms with Crippen molar-refractivity contribution in [2.45, 2.75) is 25.8 Å². The first-order valence-corrected chi connectivity index (χ1v) is 8.67. The number of nitrogen functional groups attached to an aromatic ring is 1. The maximum absolute atomic E-state index is 12.1. The van der Waals surface area contributed by atoms with Crippen molar-refractivity contribution in [1.82, 2.24) is 9.62 Å². The van der Waals surface area contributed by atoms with Crippen LogP contribution in [0.5, 0.6) is 0 Å². The van der Waals surface area contributed by atoms with Crippen molar-refractivity contribution >= 4 is 34.0 Å². The topological polar surface area (TPSA) is 92.5 Å². The number of nitrogens with two attached hydrogens (primary N) is 1. The highest BCUT2D eigenvalue weighted by atomic mass is 35.5. The standard InChI is InChI=1S/C14H21N3O3S.ClH/c1-2-21(19,20)17-9-7-13(8-10-17)16-14(18)11-3-5-12(15)6-4-11;/h3-6,13H,2,7-10,15H2,1H3,(H,16,18);1H. The van der Waals surface area contributed by atoms with E-state index in [0.29, 0.717) is 37.2 Å². The smallest absolute Gasteiger partial charge is 0.251 e. The van der Waals surface area contributed by atoms with Gasteiger partial charge in [0.05, 0.1) is 5.75 Å². The van der Waals surface area contributed by atoms with E-state index in [1.54, 1.807) is 31.2 Å². The summed E-state index contributed by atoms with van der Waals surface area (Å²) in [5.41, 5.74) is 6.76. The van der Waals surface area contributed by atoms with Crippen molar-refractivity contribution in [1.29, 1.82) is 0 Å². The van der Waals surface area contributed by atoms with Crippen molar-refractivity contribution in [3.63, 3.8) is 0 Å². The van der Waals surface area contributed by atoms with Crippen molar-refractivity contribution in [3.8, 4) is 0 Å². The van der Waals surface area contributed by atoms with Gasteiger partial charge in [0.1, 0.15) is 0 Å². The van der Waals surface area contributed by atoms with E-state index in [-0.39, 0.29) is 30.1 Å². The van der Waals surface area contributed by atoms with Gasteiger partial charge in [-0.25, -0.2) is 12.7 Å². The molecule has 8 heteroatoms. The Kier molecular flexibility index (Phi) is 6.65. The zero-order valence-corrected chi connectivity index (χ0v) is 14.1. The molecule has 0 unspecified atom stereocenters. The second kappa shape index (κ2) is 7.80. The van der Waals surface area contributed by atoms with Gasteiger partial charge in [0.15, 0.2) is 0 Å². The molecule has 0 aliphatic carbocycles. The van der Waals surface area contributed by atoms with Crippen LogP contribution in [0, 0.1) is 0 Å². The molecule has 22 heavy (non-hydrogen) atoms. The number of halogens is 1. The molecule has 1 fully saturated rings. The number of piperidine rings is 1. The van der Waals surface area contributed by atoms with Crippen molar-refractivity contribution < 1.29 is 13.2 Å². The Morgan fingerprint density at radius 3 is 2.32 bits per heavy atom. The third kappa shape index (κ3) is 4.59.